The van der Waals surface area contributed by atoms with E-state index in [2.05, 4.69) is 39.9 Å². The third-order valence-electron chi connectivity index (χ3n) is 3.48. The number of ether oxygens (including phenoxy) is 1. The highest BCUT2D eigenvalue weighted by Gasteiger charge is 2.19. The zero-order chi connectivity index (χ0) is 13.8. The van der Waals surface area contributed by atoms with Crippen LogP contribution in [0, 0.1) is 5.92 Å². The monoisotopic (exact) mass is 257 g/mol. The minimum Gasteiger partial charge on any atom is -0.376 e. The summed E-state index contributed by atoms with van der Waals surface area (Å²) in [6, 6.07) is 0.536. The number of rotatable bonds is 12. The van der Waals surface area contributed by atoms with E-state index in [1.54, 1.807) is 0 Å². The van der Waals surface area contributed by atoms with Gasteiger partial charge in [-0.15, -0.1) is 0 Å². The molecule has 0 rings (SSSR count). The third kappa shape index (κ3) is 8.10. The maximum atomic E-state index is 6.15. The van der Waals surface area contributed by atoms with Crippen molar-refractivity contribution >= 4 is 0 Å². The molecule has 2 heteroatoms. The summed E-state index contributed by atoms with van der Waals surface area (Å²) in [5.41, 5.74) is 0. The van der Waals surface area contributed by atoms with Gasteiger partial charge in [-0.2, -0.15) is 0 Å². The van der Waals surface area contributed by atoms with E-state index >= 15 is 0 Å². The van der Waals surface area contributed by atoms with E-state index in [1.165, 1.54) is 32.1 Å². The first-order valence-corrected chi connectivity index (χ1v) is 8.04. The molecule has 0 aliphatic heterocycles. The summed E-state index contributed by atoms with van der Waals surface area (Å²) in [4.78, 5) is 0. The maximum absolute atomic E-state index is 6.15. The van der Waals surface area contributed by atoms with Crippen LogP contribution in [0.3, 0.4) is 0 Å². The SMILES string of the molecule is CCCNC(CCC)C(CC)OCC(C)CCC. The summed E-state index contributed by atoms with van der Waals surface area (Å²) in [5.74, 6) is 0.692. The summed E-state index contributed by atoms with van der Waals surface area (Å²) in [5, 5.41) is 3.65. The van der Waals surface area contributed by atoms with Gasteiger partial charge in [0.25, 0.3) is 0 Å². The fraction of sp³-hybridized carbons (Fsp3) is 1.00. The van der Waals surface area contributed by atoms with E-state index in [1.807, 2.05) is 0 Å². The van der Waals surface area contributed by atoms with Crippen molar-refractivity contribution in [1.29, 1.82) is 0 Å². The molecule has 0 radical (unpaired) electrons. The molecule has 0 fully saturated rings. The molecule has 0 aliphatic rings. The van der Waals surface area contributed by atoms with Gasteiger partial charge in [-0.3, -0.25) is 0 Å². The van der Waals surface area contributed by atoms with Gasteiger partial charge in [-0.1, -0.05) is 47.5 Å². The molecule has 0 heterocycles. The van der Waals surface area contributed by atoms with Gasteiger partial charge in [0.05, 0.1) is 6.10 Å². The van der Waals surface area contributed by atoms with Gasteiger partial charge in [0.1, 0.15) is 0 Å². The van der Waals surface area contributed by atoms with Crippen LogP contribution in [-0.4, -0.2) is 25.3 Å². The lowest BCUT2D eigenvalue weighted by molar-refractivity contribution is 0.00331. The molecule has 0 amide bonds. The van der Waals surface area contributed by atoms with Crippen molar-refractivity contribution in [2.45, 2.75) is 85.3 Å². The molecule has 0 saturated heterocycles. The maximum Gasteiger partial charge on any atom is 0.0725 e. The van der Waals surface area contributed by atoms with Crippen LogP contribution < -0.4 is 5.32 Å². The lowest BCUT2D eigenvalue weighted by Gasteiger charge is -2.28. The van der Waals surface area contributed by atoms with Crippen molar-refractivity contribution in [3.63, 3.8) is 0 Å². The van der Waals surface area contributed by atoms with Crippen LogP contribution in [0.4, 0.5) is 0 Å². The highest BCUT2D eigenvalue weighted by molar-refractivity contribution is 4.76. The Bertz CT molecular complexity index is 172. The Balaban J connectivity index is 4.13. The van der Waals surface area contributed by atoms with E-state index in [0.29, 0.717) is 18.1 Å². The molecule has 3 unspecified atom stereocenters. The summed E-state index contributed by atoms with van der Waals surface area (Å²) in [7, 11) is 0. The molecule has 110 valence electrons. The van der Waals surface area contributed by atoms with Crippen molar-refractivity contribution in [2.75, 3.05) is 13.2 Å². The highest BCUT2D eigenvalue weighted by Crippen LogP contribution is 2.14. The Morgan fingerprint density at radius 1 is 0.944 bits per heavy atom. The quantitative estimate of drug-likeness (QED) is 0.560. The Kier molecular flexibility index (Phi) is 11.9. The molecule has 0 aromatic rings. The van der Waals surface area contributed by atoms with Gasteiger partial charge in [-0.25, -0.2) is 0 Å². The third-order valence-corrected chi connectivity index (χ3v) is 3.48. The largest absolute Gasteiger partial charge is 0.376 e. The number of nitrogens with one attached hydrogen (secondary N) is 1. The average molecular weight is 257 g/mol. The second kappa shape index (κ2) is 12.0. The zero-order valence-corrected chi connectivity index (χ0v) is 13.3. The minimum absolute atomic E-state index is 0.385. The van der Waals surface area contributed by atoms with Crippen molar-refractivity contribution in [3.05, 3.63) is 0 Å². The van der Waals surface area contributed by atoms with Crippen molar-refractivity contribution in [1.82, 2.24) is 5.32 Å². The average Bonchev–Trinajstić information content (AvgIpc) is 2.36. The molecular weight excluding hydrogens is 222 g/mol. The van der Waals surface area contributed by atoms with Crippen molar-refractivity contribution in [2.24, 2.45) is 5.92 Å². The predicted octanol–water partition coefficient (Wildman–Crippen LogP) is 4.39. The minimum atomic E-state index is 0.385. The molecule has 0 bridgehead atoms. The van der Waals surface area contributed by atoms with Crippen LogP contribution in [0.25, 0.3) is 0 Å². The standard InChI is InChI=1S/C16H35NO/c1-6-10-14(5)13-18-16(9-4)15(11-7-2)17-12-8-3/h14-17H,6-13H2,1-5H3. The molecule has 0 aromatic heterocycles. The van der Waals surface area contributed by atoms with E-state index in [9.17, 15) is 0 Å². The summed E-state index contributed by atoms with van der Waals surface area (Å²) in [6.07, 6.45) is 7.68. The number of hydrogen-bond donors (Lipinski definition) is 1. The van der Waals surface area contributed by atoms with Crippen molar-refractivity contribution < 1.29 is 4.74 Å². The van der Waals surface area contributed by atoms with Crippen LogP contribution in [0.2, 0.25) is 0 Å². The normalized spacial score (nSPS) is 16.5. The van der Waals surface area contributed by atoms with Gasteiger partial charge in [0, 0.05) is 12.6 Å². The lowest BCUT2D eigenvalue weighted by atomic mass is 10.0. The molecule has 2 nitrogen and oxygen atoms in total. The lowest BCUT2D eigenvalue weighted by Crippen LogP contribution is -2.42. The number of hydrogen-bond acceptors (Lipinski definition) is 2. The second-order valence-corrected chi connectivity index (χ2v) is 5.52. The van der Waals surface area contributed by atoms with Crippen LogP contribution in [-0.2, 0) is 4.74 Å². The van der Waals surface area contributed by atoms with Gasteiger partial charge >= 0.3 is 0 Å². The van der Waals surface area contributed by atoms with E-state index in [0.717, 1.165) is 19.6 Å². The highest BCUT2D eigenvalue weighted by atomic mass is 16.5. The topological polar surface area (TPSA) is 21.3 Å². The fourth-order valence-electron chi connectivity index (χ4n) is 2.44. The molecule has 1 N–H and O–H groups in total. The Morgan fingerprint density at radius 2 is 1.61 bits per heavy atom. The molecular formula is C16H35NO. The van der Waals surface area contributed by atoms with Gasteiger partial charge < -0.3 is 10.1 Å². The Morgan fingerprint density at radius 3 is 2.11 bits per heavy atom. The Labute approximate surface area is 115 Å². The van der Waals surface area contributed by atoms with E-state index in [4.69, 9.17) is 4.74 Å². The molecule has 0 aliphatic carbocycles. The molecule has 0 aromatic carbocycles. The molecule has 0 spiro atoms. The van der Waals surface area contributed by atoms with Gasteiger partial charge in [0.15, 0.2) is 0 Å². The van der Waals surface area contributed by atoms with Crippen LogP contribution in [0.1, 0.15) is 73.1 Å². The van der Waals surface area contributed by atoms with Crippen LogP contribution in [0.15, 0.2) is 0 Å². The molecule has 3 atom stereocenters. The second-order valence-electron chi connectivity index (χ2n) is 5.52. The van der Waals surface area contributed by atoms with E-state index in [-0.39, 0.29) is 0 Å². The summed E-state index contributed by atoms with van der Waals surface area (Å²) >= 11 is 0. The van der Waals surface area contributed by atoms with Crippen LogP contribution >= 0.6 is 0 Å². The van der Waals surface area contributed by atoms with Crippen LogP contribution in [0.5, 0.6) is 0 Å². The van der Waals surface area contributed by atoms with Gasteiger partial charge in [-0.05, 0) is 38.1 Å². The first-order chi connectivity index (χ1) is 8.69. The molecule has 0 saturated carbocycles. The first kappa shape index (κ1) is 17.9. The summed E-state index contributed by atoms with van der Waals surface area (Å²) in [6.45, 7) is 13.3. The first-order valence-electron chi connectivity index (χ1n) is 8.04. The zero-order valence-electron chi connectivity index (χ0n) is 13.3. The van der Waals surface area contributed by atoms with Gasteiger partial charge in [0.2, 0.25) is 0 Å². The summed E-state index contributed by atoms with van der Waals surface area (Å²) < 4.78 is 6.15. The predicted molar refractivity (Wildman–Crippen MR) is 81.1 cm³/mol. The molecule has 18 heavy (non-hydrogen) atoms. The Hall–Kier alpha value is -0.0800. The smallest absolute Gasteiger partial charge is 0.0725 e. The fourth-order valence-corrected chi connectivity index (χ4v) is 2.44. The van der Waals surface area contributed by atoms with Crippen molar-refractivity contribution in [3.8, 4) is 0 Å². The van der Waals surface area contributed by atoms with E-state index < -0.39 is 0 Å².